The quantitative estimate of drug-likeness (QED) is 0.822. The Labute approximate surface area is 96.2 Å². The molecular weight excluding hydrogens is 204 g/mol. The summed E-state index contributed by atoms with van der Waals surface area (Å²) in [6.45, 7) is 6.85. The van der Waals surface area contributed by atoms with Crippen LogP contribution in [0.25, 0.3) is 0 Å². The zero-order chi connectivity index (χ0) is 11.4. The van der Waals surface area contributed by atoms with E-state index in [0.717, 1.165) is 44.3 Å². The Balaban J connectivity index is 2.07. The van der Waals surface area contributed by atoms with Gasteiger partial charge in [-0.15, -0.1) is 10.2 Å². The van der Waals surface area contributed by atoms with Gasteiger partial charge in [-0.25, -0.2) is 0 Å². The highest BCUT2D eigenvalue weighted by Gasteiger charge is 2.20. The van der Waals surface area contributed by atoms with Crippen molar-refractivity contribution in [2.75, 3.05) is 18.5 Å². The summed E-state index contributed by atoms with van der Waals surface area (Å²) in [4.78, 5) is 0. The molecule has 0 bridgehead atoms. The molecule has 5 heteroatoms. The highest BCUT2D eigenvalue weighted by Crippen LogP contribution is 2.17. The van der Waals surface area contributed by atoms with Gasteiger partial charge >= 0.3 is 0 Å². The fourth-order valence-electron chi connectivity index (χ4n) is 2.12. The van der Waals surface area contributed by atoms with Gasteiger partial charge in [-0.3, -0.25) is 4.57 Å². The lowest BCUT2D eigenvalue weighted by Crippen LogP contribution is -2.15. The number of hydrogen-bond donors (Lipinski definition) is 1. The van der Waals surface area contributed by atoms with Crippen LogP contribution < -0.4 is 5.32 Å². The van der Waals surface area contributed by atoms with Gasteiger partial charge in [0.05, 0.1) is 6.10 Å². The fraction of sp³-hybridized carbons (Fsp3) is 0.818. The van der Waals surface area contributed by atoms with Crippen molar-refractivity contribution in [3.63, 3.8) is 0 Å². The standard InChI is InChI=1S/C11H20N4O/c1-3-12-11-14-13-10(15(11)4-2)8-9-6-5-7-16-9/h9H,3-8H2,1-2H3,(H,12,14). The topological polar surface area (TPSA) is 52.0 Å². The molecule has 1 atom stereocenters. The van der Waals surface area contributed by atoms with Crippen LogP contribution in [0.15, 0.2) is 0 Å². The molecule has 90 valence electrons. The Morgan fingerprint density at radius 3 is 2.94 bits per heavy atom. The summed E-state index contributed by atoms with van der Waals surface area (Å²) in [6, 6.07) is 0. The van der Waals surface area contributed by atoms with E-state index in [-0.39, 0.29) is 0 Å². The van der Waals surface area contributed by atoms with Crippen LogP contribution in [0.2, 0.25) is 0 Å². The van der Waals surface area contributed by atoms with Crippen molar-refractivity contribution in [2.24, 2.45) is 0 Å². The van der Waals surface area contributed by atoms with Gasteiger partial charge in [-0.1, -0.05) is 0 Å². The summed E-state index contributed by atoms with van der Waals surface area (Å²) in [5.74, 6) is 1.91. The Morgan fingerprint density at radius 2 is 2.31 bits per heavy atom. The molecule has 1 fully saturated rings. The highest BCUT2D eigenvalue weighted by atomic mass is 16.5. The third-order valence-corrected chi connectivity index (χ3v) is 2.91. The molecule has 0 amide bonds. The second kappa shape index (κ2) is 5.30. The van der Waals surface area contributed by atoms with Gasteiger partial charge < -0.3 is 10.1 Å². The van der Waals surface area contributed by atoms with Crippen LogP contribution in [0.4, 0.5) is 5.95 Å². The van der Waals surface area contributed by atoms with Crippen LogP contribution in [0.3, 0.4) is 0 Å². The van der Waals surface area contributed by atoms with Crippen molar-refractivity contribution >= 4 is 5.95 Å². The van der Waals surface area contributed by atoms with Crippen LogP contribution in [0.5, 0.6) is 0 Å². The van der Waals surface area contributed by atoms with E-state index in [2.05, 4.69) is 33.9 Å². The van der Waals surface area contributed by atoms with E-state index >= 15 is 0 Å². The lowest BCUT2D eigenvalue weighted by atomic mass is 10.2. The molecule has 16 heavy (non-hydrogen) atoms. The lowest BCUT2D eigenvalue weighted by molar-refractivity contribution is 0.109. The van der Waals surface area contributed by atoms with Gasteiger partial charge in [0, 0.05) is 26.1 Å². The summed E-state index contributed by atoms with van der Waals surface area (Å²) in [7, 11) is 0. The monoisotopic (exact) mass is 224 g/mol. The summed E-state index contributed by atoms with van der Waals surface area (Å²) >= 11 is 0. The normalized spacial score (nSPS) is 20.2. The minimum atomic E-state index is 0.337. The SMILES string of the molecule is CCNc1nnc(CC2CCCO2)n1CC. The molecule has 0 aliphatic carbocycles. The minimum Gasteiger partial charge on any atom is -0.378 e. The maximum atomic E-state index is 5.62. The van der Waals surface area contributed by atoms with Crippen molar-refractivity contribution in [1.82, 2.24) is 14.8 Å². The second-order valence-corrected chi connectivity index (χ2v) is 4.05. The number of nitrogens with one attached hydrogen (secondary N) is 1. The van der Waals surface area contributed by atoms with Gasteiger partial charge in [-0.2, -0.15) is 0 Å². The summed E-state index contributed by atoms with van der Waals surface area (Å²) in [5.41, 5.74) is 0. The molecule has 0 radical (unpaired) electrons. The molecule has 2 rings (SSSR count). The lowest BCUT2D eigenvalue weighted by Gasteiger charge is -2.11. The number of aromatic nitrogens is 3. The minimum absolute atomic E-state index is 0.337. The largest absolute Gasteiger partial charge is 0.378 e. The molecule has 1 N–H and O–H groups in total. The van der Waals surface area contributed by atoms with Gasteiger partial charge in [-0.05, 0) is 26.7 Å². The van der Waals surface area contributed by atoms with Crippen LogP contribution >= 0.6 is 0 Å². The smallest absolute Gasteiger partial charge is 0.224 e. The van der Waals surface area contributed by atoms with E-state index in [1.165, 1.54) is 6.42 Å². The van der Waals surface area contributed by atoms with E-state index in [1.807, 2.05) is 0 Å². The Hall–Kier alpha value is -1.10. The van der Waals surface area contributed by atoms with E-state index in [9.17, 15) is 0 Å². The first kappa shape index (κ1) is 11.4. The number of hydrogen-bond acceptors (Lipinski definition) is 4. The first-order chi connectivity index (χ1) is 7.85. The number of rotatable bonds is 5. The molecule has 0 spiro atoms. The Kier molecular flexibility index (Phi) is 3.77. The Bertz CT molecular complexity index is 331. The fourth-order valence-corrected chi connectivity index (χ4v) is 2.12. The van der Waals surface area contributed by atoms with Gasteiger partial charge in [0.25, 0.3) is 0 Å². The maximum absolute atomic E-state index is 5.62. The number of nitrogens with zero attached hydrogens (tertiary/aromatic N) is 3. The van der Waals surface area contributed by atoms with Crippen LogP contribution in [0, 0.1) is 0 Å². The van der Waals surface area contributed by atoms with E-state index in [1.54, 1.807) is 0 Å². The van der Waals surface area contributed by atoms with Crippen LogP contribution in [-0.2, 0) is 17.7 Å². The average molecular weight is 224 g/mol. The predicted octanol–water partition coefficient (Wildman–Crippen LogP) is 1.45. The van der Waals surface area contributed by atoms with E-state index in [0.29, 0.717) is 6.10 Å². The number of ether oxygens (including phenoxy) is 1. The molecule has 2 heterocycles. The molecule has 0 saturated carbocycles. The molecule has 1 aliphatic rings. The van der Waals surface area contributed by atoms with E-state index in [4.69, 9.17) is 4.74 Å². The van der Waals surface area contributed by atoms with Gasteiger partial charge in [0.15, 0.2) is 0 Å². The van der Waals surface area contributed by atoms with Crippen LogP contribution in [-0.4, -0.2) is 34.0 Å². The van der Waals surface area contributed by atoms with Crippen molar-refractivity contribution in [3.05, 3.63) is 5.82 Å². The predicted molar refractivity (Wildman–Crippen MR) is 62.5 cm³/mol. The molecule has 1 aliphatic heterocycles. The van der Waals surface area contributed by atoms with Crippen molar-refractivity contribution < 1.29 is 4.74 Å². The Morgan fingerprint density at radius 1 is 1.44 bits per heavy atom. The molecular formula is C11H20N4O. The second-order valence-electron chi connectivity index (χ2n) is 4.05. The summed E-state index contributed by atoms with van der Waals surface area (Å²) in [6.07, 6.45) is 3.54. The first-order valence-corrected chi connectivity index (χ1v) is 6.12. The summed E-state index contributed by atoms with van der Waals surface area (Å²) in [5, 5.41) is 11.6. The molecule has 0 aromatic carbocycles. The molecule has 1 saturated heterocycles. The van der Waals surface area contributed by atoms with E-state index < -0.39 is 0 Å². The van der Waals surface area contributed by atoms with Crippen LogP contribution in [0.1, 0.15) is 32.5 Å². The zero-order valence-corrected chi connectivity index (χ0v) is 10.1. The number of anilines is 1. The highest BCUT2D eigenvalue weighted by molar-refractivity contribution is 5.25. The third-order valence-electron chi connectivity index (χ3n) is 2.91. The molecule has 1 aromatic heterocycles. The van der Waals surface area contributed by atoms with Crippen molar-refractivity contribution in [3.8, 4) is 0 Å². The summed E-state index contributed by atoms with van der Waals surface area (Å²) < 4.78 is 7.75. The van der Waals surface area contributed by atoms with Gasteiger partial charge in [0.2, 0.25) is 5.95 Å². The van der Waals surface area contributed by atoms with Crippen molar-refractivity contribution in [2.45, 2.75) is 45.8 Å². The third kappa shape index (κ3) is 2.35. The zero-order valence-electron chi connectivity index (χ0n) is 10.1. The molecule has 1 unspecified atom stereocenters. The first-order valence-electron chi connectivity index (χ1n) is 6.12. The maximum Gasteiger partial charge on any atom is 0.224 e. The van der Waals surface area contributed by atoms with Gasteiger partial charge in [0.1, 0.15) is 5.82 Å². The average Bonchev–Trinajstić information content (AvgIpc) is 2.90. The van der Waals surface area contributed by atoms with Crippen molar-refractivity contribution in [1.29, 1.82) is 0 Å². The molecule has 1 aromatic rings. The molecule has 5 nitrogen and oxygen atoms in total.